The predicted octanol–water partition coefficient (Wildman–Crippen LogP) is 6.94. The van der Waals surface area contributed by atoms with E-state index in [1.165, 1.54) is 23.1 Å². The first-order chi connectivity index (χ1) is 27.1. The summed E-state index contributed by atoms with van der Waals surface area (Å²) in [7, 11) is 0. The zero-order valence-electron chi connectivity index (χ0n) is 30.4. The molecule has 12 nitrogen and oxygen atoms in total. The van der Waals surface area contributed by atoms with Crippen LogP contribution >= 0.6 is 0 Å². The first kappa shape index (κ1) is 36.4. The van der Waals surface area contributed by atoms with Gasteiger partial charge in [0.15, 0.2) is 11.4 Å². The van der Waals surface area contributed by atoms with Crippen molar-refractivity contribution in [3.05, 3.63) is 165 Å². The van der Waals surface area contributed by atoms with Crippen molar-refractivity contribution >= 4 is 40.5 Å². The number of anilines is 3. The summed E-state index contributed by atoms with van der Waals surface area (Å²) in [5, 5.41) is 34.1. The number of nitrogens with zero attached hydrogens (tertiary/aromatic N) is 4. The van der Waals surface area contributed by atoms with Crippen LogP contribution in [0.3, 0.4) is 0 Å². The van der Waals surface area contributed by atoms with E-state index >= 15 is 0 Å². The molecule has 0 spiro atoms. The molecule has 0 saturated heterocycles. The van der Waals surface area contributed by atoms with Crippen molar-refractivity contribution in [3.63, 3.8) is 0 Å². The molecular weight excluding hydrogens is 713 g/mol. The fourth-order valence-electron chi connectivity index (χ4n) is 7.88. The molecule has 3 aliphatic rings. The van der Waals surface area contributed by atoms with E-state index in [2.05, 4.69) is 0 Å². The highest BCUT2D eigenvalue weighted by molar-refractivity contribution is 6.14. The smallest absolute Gasteiger partial charge is 0.269 e. The Kier molecular flexibility index (Phi) is 9.44. The van der Waals surface area contributed by atoms with E-state index in [0.717, 1.165) is 11.1 Å². The van der Waals surface area contributed by atoms with Gasteiger partial charge >= 0.3 is 0 Å². The summed E-state index contributed by atoms with van der Waals surface area (Å²) in [6.45, 7) is 1.83. The highest BCUT2D eigenvalue weighted by Crippen LogP contribution is 2.48. The number of non-ortho nitro benzene ring substituents is 1. The highest BCUT2D eigenvalue weighted by Gasteiger charge is 2.53. The molecule has 3 atom stereocenters. The number of aliphatic hydroxyl groups excluding tert-OH is 1. The number of benzene rings is 5. The van der Waals surface area contributed by atoms with Gasteiger partial charge in [0.1, 0.15) is 5.75 Å². The summed E-state index contributed by atoms with van der Waals surface area (Å²) < 4.78 is 6.12. The van der Waals surface area contributed by atoms with Crippen molar-refractivity contribution in [1.82, 2.24) is 4.90 Å². The summed E-state index contributed by atoms with van der Waals surface area (Å²) in [6, 6.07) is 32.8. The lowest BCUT2D eigenvalue weighted by Gasteiger charge is -2.36. The van der Waals surface area contributed by atoms with Crippen molar-refractivity contribution in [1.29, 1.82) is 0 Å². The van der Waals surface area contributed by atoms with Gasteiger partial charge in [-0.15, -0.1) is 0 Å². The molecule has 3 heterocycles. The maximum absolute atomic E-state index is 14.3. The number of nitro benzene ring substituents is 1. The molecule has 0 unspecified atom stereocenters. The molecule has 0 fully saturated rings. The SMILES string of the molecule is C[C@H](/C=C/CC(=O)N1Cc2ccccc2C[C@H]1CO)[C@@]1(O)C(=O)N(Cc2ccc(N3C(=O)c4ccccc4Oc4ccccc43)cc2)c2ccc([N+](=O)[O-])cc21. The lowest BCUT2D eigenvalue weighted by Crippen LogP contribution is -2.46. The average molecular weight is 751 g/mol. The number of aliphatic hydroxyl groups is 2. The van der Waals surface area contributed by atoms with Crippen molar-refractivity contribution in [2.45, 2.75) is 44.5 Å². The molecule has 5 aromatic rings. The van der Waals surface area contributed by atoms with E-state index in [-0.39, 0.29) is 48.7 Å². The first-order valence-corrected chi connectivity index (χ1v) is 18.3. The second-order valence-corrected chi connectivity index (χ2v) is 14.2. The van der Waals surface area contributed by atoms with Gasteiger partial charge in [0.25, 0.3) is 17.5 Å². The first-order valence-electron chi connectivity index (χ1n) is 18.3. The maximum Gasteiger partial charge on any atom is 0.269 e. The molecule has 2 N–H and O–H groups in total. The molecule has 0 radical (unpaired) electrons. The summed E-state index contributed by atoms with van der Waals surface area (Å²) in [5.41, 5.74) is 2.29. The van der Waals surface area contributed by atoms with E-state index < -0.39 is 22.3 Å². The van der Waals surface area contributed by atoms with Gasteiger partial charge in [-0.3, -0.25) is 29.4 Å². The largest absolute Gasteiger partial charge is 0.454 e. The van der Waals surface area contributed by atoms with Crippen LogP contribution in [0, 0.1) is 16.0 Å². The number of carbonyl (C=O) groups excluding carboxylic acids is 3. The number of ether oxygens (including phenoxy) is 1. The fraction of sp³-hybridized carbons (Fsp3) is 0.205. The third-order valence-corrected chi connectivity index (χ3v) is 10.9. The van der Waals surface area contributed by atoms with Crippen LogP contribution in [0.1, 0.15) is 46.0 Å². The Bertz CT molecular complexity index is 2410. The zero-order chi connectivity index (χ0) is 39.1. The monoisotopic (exact) mass is 750 g/mol. The van der Waals surface area contributed by atoms with Crippen molar-refractivity contribution in [2.24, 2.45) is 5.92 Å². The Morgan fingerprint density at radius 2 is 1.62 bits per heavy atom. The number of hydrogen-bond acceptors (Lipinski definition) is 8. The standard InChI is InChI=1S/C44H38N4O8/c1-28(9-8-16-41(50)45-26-31-11-3-2-10-30(31)23-34(45)27-49)44(53)36-24-33(48(54)55)21-22-37(36)46(43(44)52)25-29-17-19-32(20-18-29)47-38-13-5-7-15-40(38)56-39-14-6-4-12-35(39)42(47)51/h2-15,17-22,24,28,34,49,53H,16,23,25-27H2,1H3/b9-8+/t28-,34+,44+/m1/s1. The van der Waals surface area contributed by atoms with Gasteiger partial charge < -0.3 is 24.7 Å². The summed E-state index contributed by atoms with van der Waals surface area (Å²) >= 11 is 0. The number of para-hydroxylation sites is 3. The van der Waals surface area contributed by atoms with Crippen LogP contribution in [0.25, 0.3) is 0 Å². The van der Waals surface area contributed by atoms with Gasteiger partial charge in [-0.2, -0.15) is 0 Å². The van der Waals surface area contributed by atoms with Gasteiger partial charge in [-0.1, -0.05) is 79.7 Å². The Morgan fingerprint density at radius 1 is 0.929 bits per heavy atom. The van der Waals surface area contributed by atoms with Gasteiger partial charge in [-0.05, 0) is 65.6 Å². The van der Waals surface area contributed by atoms with Gasteiger partial charge in [-0.25, -0.2) is 0 Å². The van der Waals surface area contributed by atoms with Gasteiger partial charge in [0.05, 0.1) is 41.1 Å². The average Bonchev–Trinajstić information content (AvgIpc) is 3.34. The third kappa shape index (κ3) is 6.28. The Balaban J connectivity index is 1.04. The van der Waals surface area contributed by atoms with Crippen LogP contribution in [-0.4, -0.2) is 50.4 Å². The molecule has 282 valence electrons. The molecule has 0 saturated carbocycles. The minimum absolute atomic E-state index is 0.0244. The summed E-state index contributed by atoms with van der Waals surface area (Å²) in [5.74, 6) is -1.07. The zero-order valence-corrected chi connectivity index (χ0v) is 30.4. The molecule has 12 heteroatoms. The highest BCUT2D eigenvalue weighted by atomic mass is 16.6. The van der Waals surface area contributed by atoms with Gasteiger partial charge in [0, 0.05) is 42.3 Å². The Morgan fingerprint density at radius 3 is 2.38 bits per heavy atom. The fourth-order valence-corrected chi connectivity index (χ4v) is 7.88. The van der Waals surface area contributed by atoms with Crippen molar-refractivity contribution < 1.29 is 34.3 Å². The van der Waals surface area contributed by atoms with E-state index in [0.29, 0.717) is 52.7 Å². The predicted molar refractivity (Wildman–Crippen MR) is 209 cm³/mol. The van der Waals surface area contributed by atoms with Crippen LogP contribution in [0.15, 0.2) is 127 Å². The van der Waals surface area contributed by atoms with E-state index in [9.17, 15) is 34.7 Å². The summed E-state index contributed by atoms with van der Waals surface area (Å²) in [4.78, 5) is 57.5. The lowest BCUT2D eigenvalue weighted by molar-refractivity contribution is -0.385. The van der Waals surface area contributed by atoms with Crippen molar-refractivity contribution in [3.8, 4) is 11.5 Å². The lowest BCUT2D eigenvalue weighted by atomic mass is 9.82. The van der Waals surface area contributed by atoms with E-state index in [4.69, 9.17) is 4.74 Å². The molecule has 3 amide bonds. The minimum Gasteiger partial charge on any atom is -0.454 e. The second kappa shape index (κ2) is 14.5. The van der Waals surface area contributed by atoms with Crippen LogP contribution in [0.4, 0.5) is 22.7 Å². The number of fused-ring (bicyclic) bond motifs is 4. The normalized spacial score (nSPS) is 19.1. The van der Waals surface area contributed by atoms with Crippen LogP contribution < -0.4 is 14.5 Å². The second-order valence-electron chi connectivity index (χ2n) is 14.2. The van der Waals surface area contributed by atoms with Crippen LogP contribution in [0.2, 0.25) is 0 Å². The molecule has 8 rings (SSSR count). The number of carbonyl (C=O) groups is 3. The maximum atomic E-state index is 14.3. The number of hydrogen-bond donors (Lipinski definition) is 2. The van der Waals surface area contributed by atoms with Gasteiger partial charge in [0.2, 0.25) is 5.91 Å². The van der Waals surface area contributed by atoms with Crippen LogP contribution in [-0.2, 0) is 34.7 Å². The molecule has 3 aliphatic heterocycles. The topological polar surface area (TPSA) is 154 Å². The number of nitro groups is 1. The quantitative estimate of drug-likeness (QED) is 0.0934. The molecule has 5 aromatic carbocycles. The third-order valence-electron chi connectivity index (χ3n) is 10.9. The number of rotatable bonds is 9. The van der Waals surface area contributed by atoms with Crippen LogP contribution in [0.5, 0.6) is 11.5 Å². The number of amides is 3. The van der Waals surface area contributed by atoms with E-state index in [1.54, 1.807) is 89.5 Å². The Hall–Kier alpha value is -6.63. The summed E-state index contributed by atoms with van der Waals surface area (Å²) in [6.07, 6.45) is 3.68. The van der Waals surface area contributed by atoms with E-state index in [1.807, 2.05) is 36.4 Å². The molecule has 0 aromatic heterocycles. The molecular formula is C44H38N4O8. The minimum atomic E-state index is -2.17. The molecule has 0 bridgehead atoms. The Labute approximate surface area is 322 Å². The molecule has 0 aliphatic carbocycles. The van der Waals surface area contributed by atoms with Crippen molar-refractivity contribution in [2.75, 3.05) is 16.4 Å². The molecule has 56 heavy (non-hydrogen) atoms.